The minimum atomic E-state index is -1.17. The zero-order chi connectivity index (χ0) is 28.8. The molecule has 4 rings (SSSR count). The largest absolute Gasteiger partial charge is 0.489 e. The zero-order valence-corrected chi connectivity index (χ0v) is 23.0. The fourth-order valence-corrected chi connectivity index (χ4v) is 4.61. The minimum absolute atomic E-state index is 0.0334. The van der Waals surface area contributed by atoms with Crippen LogP contribution in [0, 0.1) is 13.8 Å². The van der Waals surface area contributed by atoms with Crippen LogP contribution in [-0.2, 0) is 17.9 Å². The first-order valence-corrected chi connectivity index (χ1v) is 12.8. The van der Waals surface area contributed by atoms with E-state index < -0.39 is 11.9 Å². The Hall–Kier alpha value is -4.62. The molecule has 0 aliphatic heterocycles. The maximum atomic E-state index is 11.9. The van der Waals surface area contributed by atoms with E-state index in [0.29, 0.717) is 28.5 Å². The lowest BCUT2D eigenvalue weighted by molar-refractivity contribution is 0.0695. The number of carboxylic acid groups (broad SMARTS) is 2. The van der Waals surface area contributed by atoms with Crippen LogP contribution in [-0.4, -0.2) is 35.0 Å². The van der Waals surface area contributed by atoms with Crippen LogP contribution in [0.4, 0.5) is 0 Å². The Kier molecular flexibility index (Phi) is 8.86. The summed E-state index contributed by atoms with van der Waals surface area (Å²) in [5, 5.41) is 23.8. The molecule has 4 aromatic rings. The van der Waals surface area contributed by atoms with Crippen molar-refractivity contribution in [2.24, 2.45) is 5.16 Å². The maximum absolute atomic E-state index is 11.9. The summed E-state index contributed by atoms with van der Waals surface area (Å²) in [5.74, 6) is -1.65. The van der Waals surface area contributed by atoms with Crippen molar-refractivity contribution in [3.63, 3.8) is 0 Å². The molecule has 204 valence electrons. The van der Waals surface area contributed by atoms with Gasteiger partial charge in [0.1, 0.15) is 25.2 Å². The molecule has 0 aliphatic rings. The summed E-state index contributed by atoms with van der Waals surface area (Å²) in [6, 6.07) is 23.1. The maximum Gasteiger partial charge on any atom is 0.336 e. The van der Waals surface area contributed by atoms with Crippen LogP contribution >= 0.6 is 11.6 Å². The number of oxime groups is 1. The Balaban J connectivity index is 1.58. The SMILES string of the molecule is CON=C(c1ccc(Cl)cc1)c1ccc(OCc2c(C)cccc2Cc2ccc(C(=O)O)cc2C(=O)O)c(C)c1. The highest BCUT2D eigenvalue weighted by Crippen LogP contribution is 2.26. The summed E-state index contributed by atoms with van der Waals surface area (Å²) in [5.41, 5.74) is 6.56. The number of hydrogen-bond acceptors (Lipinski definition) is 5. The van der Waals surface area contributed by atoms with Crippen LogP contribution in [0.15, 0.2) is 84.0 Å². The lowest BCUT2D eigenvalue weighted by Gasteiger charge is -2.17. The van der Waals surface area contributed by atoms with Crippen molar-refractivity contribution >= 4 is 29.3 Å². The molecule has 0 heterocycles. The van der Waals surface area contributed by atoms with Crippen LogP contribution in [0.3, 0.4) is 0 Å². The summed E-state index contributed by atoms with van der Waals surface area (Å²) < 4.78 is 6.24. The molecule has 0 unspecified atom stereocenters. The van der Waals surface area contributed by atoms with Crippen molar-refractivity contribution in [3.8, 4) is 5.75 Å². The van der Waals surface area contributed by atoms with Gasteiger partial charge in [0.15, 0.2) is 0 Å². The van der Waals surface area contributed by atoms with Gasteiger partial charge in [-0.15, -0.1) is 0 Å². The van der Waals surface area contributed by atoms with Crippen LogP contribution in [0.1, 0.15) is 59.7 Å². The van der Waals surface area contributed by atoms with Gasteiger partial charge in [-0.3, -0.25) is 0 Å². The van der Waals surface area contributed by atoms with E-state index >= 15 is 0 Å². The van der Waals surface area contributed by atoms with Gasteiger partial charge in [-0.25, -0.2) is 9.59 Å². The number of nitrogens with zero attached hydrogens (tertiary/aromatic N) is 1. The molecule has 4 aromatic carbocycles. The third kappa shape index (κ3) is 6.50. The first-order chi connectivity index (χ1) is 19.2. The average Bonchev–Trinajstić information content (AvgIpc) is 2.92. The van der Waals surface area contributed by atoms with E-state index in [1.807, 2.05) is 62.4 Å². The molecule has 0 atom stereocenters. The molecule has 0 amide bonds. The van der Waals surface area contributed by atoms with E-state index in [1.54, 1.807) is 18.2 Å². The fraction of sp³-hybridized carbons (Fsp3) is 0.156. The Morgan fingerprint density at radius 1 is 0.800 bits per heavy atom. The Bertz CT molecular complexity index is 1590. The second kappa shape index (κ2) is 12.5. The summed E-state index contributed by atoms with van der Waals surface area (Å²) in [7, 11) is 1.50. The first-order valence-electron chi connectivity index (χ1n) is 12.5. The number of carboxylic acids is 2. The van der Waals surface area contributed by atoms with Crippen LogP contribution < -0.4 is 4.74 Å². The normalized spacial score (nSPS) is 11.2. The number of aromatic carboxylic acids is 2. The van der Waals surface area contributed by atoms with Crippen molar-refractivity contribution < 1.29 is 29.4 Å². The quantitative estimate of drug-likeness (QED) is 0.162. The number of aryl methyl sites for hydroxylation is 2. The van der Waals surface area contributed by atoms with Gasteiger partial charge < -0.3 is 19.8 Å². The molecule has 0 radical (unpaired) electrons. The number of rotatable bonds is 10. The third-order valence-electron chi connectivity index (χ3n) is 6.60. The molecule has 0 aliphatic carbocycles. The van der Waals surface area contributed by atoms with Crippen LogP contribution in [0.2, 0.25) is 5.02 Å². The van der Waals surface area contributed by atoms with Crippen molar-refractivity contribution in [2.75, 3.05) is 7.11 Å². The monoisotopic (exact) mass is 557 g/mol. The van der Waals surface area contributed by atoms with E-state index in [9.17, 15) is 19.8 Å². The molecule has 2 N–H and O–H groups in total. The molecular formula is C32H28ClNO6. The smallest absolute Gasteiger partial charge is 0.336 e. The highest BCUT2D eigenvalue weighted by molar-refractivity contribution is 6.30. The molecule has 7 nitrogen and oxygen atoms in total. The molecule has 0 saturated heterocycles. The van der Waals surface area contributed by atoms with E-state index in [4.69, 9.17) is 21.2 Å². The number of carbonyl (C=O) groups is 2. The summed E-state index contributed by atoms with van der Waals surface area (Å²) >= 11 is 6.04. The van der Waals surface area contributed by atoms with E-state index in [2.05, 4.69) is 5.16 Å². The van der Waals surface area contributed by atoms with Crippen molar-refractivity contribution in [1.82, 2.24) is 0 Å². The summed E-state index contributed by atoms with van der Waals surface area (Å²) in [6.07, 6.45) is 0.317. The highest BCUT2D eigenvalue weighted by atomic mass is 35.5. The fourth-order valence-electron chi connectivity index (χ4n) is 4.48. The van der Waals surface area contributed by atoms with Gasteiger partial charge in [-0.05, 0) is 90.6 Å². The van der Waals surface area contributed by atoms with E-state index in [-0.39, 0.29) is 17.7 Å². The Morgan fingerprint density at radius 3 is 2.15 bits per heavy atom. The molecule has 0 spiro atoms. The average molecular weight is 558 g/mol. The van der Waals surface area contributed by atoms with Gasteiger partial charge >= 0.3 is 11.9 Å². The van der Waals surface area contributed by atoms with Crippen LogP contribution in [0.5, 0.6) is 5.75 Å². The Morgan fingerprint density at radius 2 is 1.50 bits per heavy atom. The molecule has 0 bridgehead atoms. The third-order valence-corrected chi connectivity index (χ3v) is 6.85. The minimum Gasteiger partial charge on any atom is -0.489 e. The summed E-state index contributed by atoms with van der Waals surface area (Å²) in [4.78, 5) is 28.3. The van der Waals surface area contributed by atoms with Gasteiger partial charge in [0.25, 0.3) is 0 Å². The van der Waals surface area contributed by atoms with Gasteiger partial charge in [-0.1, -0.05) is 53.2 Å². The number of hydrogen-bond donors (Lipinski definition) is 2. The van der Waals surface area contributed by atoms with Gasteiger partial charge in [0.05, 0.1) is 11.1 Å². The molecule has 0 fully saturated rings. The predicted molar refractivity (Wildman–Crippen MR) is 154 cm³/mol. The lowest BCUT2D eigenvalue weighted by Crippen LogP contribution is -2.09. The lowest BCUT2D eigenvalue weighted by atomic mass is 9.93. The molecule has 40 heavy (non-hydrogen) atoms. The van der Waals surface area contributed by atoms with Crippen molar-refractivity contribution in [1.29, 1.82) is 0 Å². The standard InChI is InChI=1S/C32H28ClNO6/c1-19-5-4-6-22(16-23-7-8-25(31(35)36)17-27(23)32(37)38)28(19)18-40-29-14-11-24(15-20(29)2)30(34-39-3)21-9-12-26(33)13-10-21/h4-15,17H,16,18H2,1-3H3,(H,35,36)(H,37,38). The second-order valence-electron chi connectivity index (χ2n) is 9.27. The molecule has 0 aromatic heterocycles. The van der Waals surface area contributed by atoms with Gasteiger partial charge in [0.2, 0.25) is 0 Å². The molecular weight excluding hydrogens is 530 g/mol. The second-order valence-corrected chi connectivity index (χ2v) is 9.71. The Labute approximate surface area is 237 Å². The summed E-state index contributed by atoms with van der Waals surface area (Å²) in [6.45, 7) is 4.20. The zero-order valence-electron chi connectivity index (χ0n) is 22.3. The van der Waals surface area contributed by atoms with E-state index in [1.165, 1.54) is 19.2 Å². The molecule has 8 heteroatoms. The van der Waals surface area contributed by atoms with E-state index in [0.717, 1.165) is 33.4 Å². The van der Waals surface area contributed by atoms with Gasteiger partial charge in [-0.2, -0.15) is 0 Å². The first kappa shape index (κ1) is 28.4. The number of halogens is 1. The van der Waals surface area contributed by atoms with Crippen molar-refractivity contribution in [3.05, 3.63) is 134 Å². The van der Waals surface area contributed by atoms with Crippen molar-refractivity contribution in [2.45, 2.75) is 26.9 Å². The number of ether oxygens (including phenoxy) is 1. The predicted octanol–water partition coefficient (Wildman–Crippen LogP) is 6.92. The highest BCUT2D eigenvalue weighted by Gasteiger charge is 2.17. The van der Waals surface area contributed by atoms with Gasteiger partial charge in [0, 0.05) is 16.1 Å². The molecule has 0 saturated carbocycles. The van der Waals surface area contributed by atoms with Crippen LogP contribution in [0.25, 0.3) is 0 Å². The topological polar surface area (TPSA) is 105 Å². The number of benzene rings is 4.